The van der Waals surface area contributed by atoms with E-state index in [9.17, 15) is 0 Å². The predicted molar refractivity (Wildman–Crippen MR) is 71.8 cm³/mol. The second-order valence-electron chi connectivity index (χ2n) is 4.33. The number of nitrogens with zero attached hydrogens (tertiary/aromatic N) is 2. The topological polar surface area (TPSA) is 39.1 Å². The summed E-state index contributed by atoms with van der Waals surface area (Å²) in [5.41, 5.74) is 3.55. The van der Waals surface area contributed by atoms with Crippen molar-refractivity contribution in [2.45, 2.75) is 20.0 Å². The normalized spacial score (nSPS) is 10.6. The van der Waals surface area contributed by atoms with Gasteiger partial charge in [0.15, 0.2) is 0 Å². The average Bonchev–Trinajstić information content (AvgIpc) is 2.78. The van der Waals surface area contributed by atoms with Gasteiger partial charge in [0, 0.05) is 18.3 Å². The van der Waals surface area contributed by atoms with Gasteiger partial charge in [-0.3, -0.25) is 4.68 Å². The summed E-state index contributed by atoms with van der Waals surface area (Å²) in [6.07, 6.45) is 1.83. The van der Waals surface area contributed by atoms with Crippen LogP contribution in [0.4, 0.5) is 0 Å². The van der Waals surface area contributed by atoms with Crippen molar-refractivity contribution >= 4 is 0 Å². The van der Waals surface area contributed by atoms with Crippen molar-refractivity contribution in [1.29, 1.82) is 0 Å². The maximum atomic E-state index is 5.39. The minimum atomic E-state index is 0.731. The zero-order chi connectivity index (χ0) is 13.0. The van der Waals surface area contributed by atoms with E-state index in [1.165, 1.54) is 11.3 Å². The SMILES string of the molecule is CNCc1ccnn1Cc1cc(C)ccc1OC. The molecule has 0 amide bonds. The van der Waals surface area contributed by atoms with Gasteiger partial charge in [0.05, 0.1) is 19.3 Å². The molecule has 96 valence electrons. The van der Waals surface area contributed by atoms with Crippen molar-refractivity contribution in [2.24, 2.45) is 0 Å². The van der Waals surface area contributed by atoms with E-state index in [0.717, 1.165) is 24.4 Å². The zero-order valence-corrected chi connectivity index (χ0v) is 11.1. The molecule has 4 heteroatoms. The Morgan fingerprint density at radius 2 is 2.17 bits per heavy atom. The number of hydrogen-bond acceptors (Lipinski definition) is 3. The maximum absolute atomic E-state index is 5.39. The Bertz CT molecular complexity index is 520. The Hall–Kier alpha value is -1.81. The fourth-order valence-electron chi connectivity index (χ4n) is 2.03. The highest BCUT2D eigenvalue weighted by atomic mass is 16.5. The molecule has 0 unspecified atom stereocenters. The van der Waals surface area contributed by atoms with E-state index in [1.54, 1.807) is 7.11 Å². The number of benzene rings is 1. The Labute approximate surface area is 108 Å². The lowest BCUT2D eigenvalue weighted by atomic mass is 10.1. The second-order valence-corrected chi connectivity index (χ2v) is 4.33. The standard InChI is InChI=1S/C14H19N3O/c1-11-4-5-14(18-3)12(8-11)10-17-13(9-15-2)6-7-16-17/h4-8,15H,9-10H2,1-3H3. The van der Waals surface area contributed by atoms with Crippen molar-refractivity contribution in [3.05, 3.63) is 47.3 Å². The molecule has 0 saturated carbocycles. The first-order valence-electron chi connectivity index (χ1n) is 6.03. The van der Waals surface area contributed by atoms with Crippen LogP contribution in [0.3, 0.4) is 0 Å². The summed E-state index contributed by atoms with van der Waals surface area (Å²) < 4.78 is 7.39. The third-order valence-electron chi connectivity index (χ3n) is 2.92. The Balaban J connectivity index is 2.27. The van der Waals surface area contributed by atoms with Crippen LogP contribution in [0.2, 0.25) is 0 Å². The van der Waals surface area contributed by atoms with Crippen molar-refractivity contribution in [3.63, 3.8) is 0 Å². The van der Waals surface area contributed by atoms with Gasteiger partial charge in [-0.25, -0.2) is 0 Å². The molecule has 0 aliphatic heterocycles. The average molecular weight is 245 g/mol. The highest BCUT2D eigenvalue weighted by Gasteiger charge is 2.07. The number of methoxy groups -OCH3 is 1. The molecule has 1 aromatic carbocycles. The number of aryl methyl sites for hydroxylation is 1. The maximum Gasteiger partial charge on any atom is 0.123 e. The summed E-state index contributed by atoms with van der Waals surface area (Å²) in [6.45, 7) is 3.63. The Morgan fingerprint density at radius 1 is 1.33 bits per heavy atom. The first kappa shape index (κ1) is 12.6. The second kappa shape index (κ2) is 5.69. The van der Waals surface area contributed by atoms with E-state index in [0.29, 0.717) is 0 Å². The predicted octanol–water partition coefficient (Wildman–Crippen LogP) is 1.97. The fourth-order valence-corrected chi connectivity index (χ4v) is 2.03. The molecular formula is C14H19N3O. The molecule has 1 heterocycles. The summed E-state index contributed by atoms with van der Waals surface area (Å²) in [4.78, 5) is 0. The van der Waals surface area contributed by atoms with E-state index < -0.39 is 0 Å². The van der Waals surface area contributed by atoms with Gasteiger partial charge in [0.25, 0.3) is 0 Å². The lowest BCUT2D eigenvalue weighted by molar-refractivity contribution is 0.406. The number of rotatable bonds is 5. The molecule has 2 aromatic rings. The molecule has 0 aliphatic rings. The fraction of sp³-hybridized carbons (Fsp3) is 0.357. The van der Waals surface area contributed by atoms with Crippen LogP contribution in [-0.2, 0) is 13.1 Å². The number of hydrogen-bond donors (Lipinski definition) is 1. The number of nitrogens with one attached hydrogen (secondary N) is 1. The number of aromatic nitrogens is 2. The molecule has 0 fully saturated rings. The largest absolute Gasteiger partial charge is 0.496 e. The Kier molecular flexibility index (Phi) is 3.99. The molecule has 2 rings (SSSR count). The van der Waals surface area contributed by atoms with Gasteiger partial charge in [-0.2, -0.15) is 5.10 Å². The summed E-state index contributed by atoms with van der Waals surface area (Å²) in [6, 6.07) is 8.23. The molecule has 0 radical (unpaired) electrons. The lowest BCUT2D eigenvalue weighted by Crippen LogP contribution is -2.13. The van der Waals surface area contributed by atoms with Crippen molar-refractivity contribution in [3.8, 4) is 5.75 Å². The molecule has 0 aliphatic carbocycles. The van der Waals surface area contributed by atoms with Crippen molar-refractivity contribution < 1.29 is 4.74 Å². The molecule has 1 N–H and O–H groups in total. The zero-order valence-electron chi connectivity index (χ0n) is 11.1. The summed E-state index contributed by atoms with van der Waals surface area (Å²) in [7, 11) is 3.64. The van der Waals surface area contributed by atoms with Crippen LogP contribution in [0, 0.1) is 6.92 Å². The van der Waals surface area contributed by atoms with Crippen LogP contribution in [0.1, 0.15) is 16.8 Å². The molecule has 0 bridgehead atoms. The van der Waals surface area contributed by atoms with Crippen LogP contribution in [0.5, 0.6) is 5.75 Å². The van der Waals surface area contributed by atoms with E-state index in [2.05, 4.69) is 29.5 Å². The molecule has 1 aromatic heterocycles. The van der Waals surface area contributed by atoms with Crippen LogP contribution in [0.15, 0.2) is 30.5 Å². The molecule has 0 atom stereocenters. The first-order chi connectivity index (χ1) is 8.74. The minimum Gasteiger partial charge on any atom is -0.496 e. The minimum absolute atomic E-state index is 0.731. The Morgan fingerprint density at radius 3 is 2.89 bits per heavy atom. The van der Waals surface area contributed by atoms with Crippen LogP contribution in [-0.4, -0.2) is 23.9 Å². The smallest absolute Gasteiger partial charge is 0.123 e. The van der Waals surface area contributed by atoms with Gasteiger partial charge in [-0.15, -0.1) is 0 Å². The number of ether oxygens (including phenoxy) is 1. The summed E-state index contributed by atoms with van der Waals surface area (Å²) in [5.74, 6) is 0.909. The molecule has 4 nitrogen and oxygen atoms in total. The van der Waals surface area contributed by atoms with Crippen molar-refractivity contribution in [1.82, 2.24) is 15.1 Å². The van der Waals surface area contributed by atoms with Crippen LogP contribution >= 0.6 is 0 Å². The van der Waals surface area contributed by atoms with Crippen molar-refractivity contribution in [2.75, 3.05) is 14.2 Å². The van der Waals surface area contributed by atoms with Gasteiger partial charge in [-0.05, 0) is 26.1 Å². The van der Waals surface area contributed by atoms with Gasteiger partial charge >= 0.3 is 0 Å². The van der Waals surface area contributed by atoms with Gasteiger partial charge in [-0.1, -0.05) is 17.7 Å². The highest BCUT2D eigenvalue weighted by Crippen LogP contribution is 2.21. The van der Waals surface area contributed by atoms with E-state index >= 15 is 0 Å². The van der Waals surface area contributed by atoms with Gasteiger partial charge < -0.3 is 10.1 Å². The van der Waals surface area contributed by atoms with Gasteiger partial charge in [0.1, 0.15) is 5.75 Å². The summed E-state index contributed by atoms with van der Waals surface area (Å²) >= 11 is 0. The van der Waals surface area contributed by atoms with Crippen LogP contribution in [0.25, 0.3) is 0 Å². The van der Waals surface area contributed by atoms with E-state index in [1.807, 2.05) is 30.1 Å². The summed E-state index contributed by atoms with van der Waals surface area (Å²) in [5, 5.41) is 7.50. The quantitative estimate of drug-likeness (QED) is 0.875. The molecular weight excluding hydrogens is 226 g/mol. The van der Waals surface area contributed by atoms with E-state index in [4.69, 9.17) is 4.74 Å². The third-order valence-corrected chi connectivity index (χ3v) is 2.92. The molecule has 18 heavy (non-hydrogen) atoms. The molecule has 0 saturated heterocycles. The lowest BCUT2D eigenvalue weighted by Gasteiger charge is -2.12. The highest BCUT2D eigenvalue weighted by molar-refractivity contribution is 5.37. The van der Waals surface area contributed by atoms with E-state index in [-0.39, 0.29) is 0 Å². The molecule has 0 spiro atoms. The first-order valence-corrected chi connectivity index (χ1v) is 6.03. The monoisotopic (exact) mass is 245 g/mol. The third kappa shape index (κ3) is 2.71. The van der Waals surface area contributed by atoms with Crippen LogP contribution < -0.4 is 10.1 Å². The van der Waals surface area contributed by atoms with Gasteiger partial charge in [0.2, 0.25) is 0 Å².